The second-order valence-corrected chi connectivity index (χ2v) is 12.4. The Bertz CT molecular complexity index is 831. The van der Waals surface area contributed by atoms with Gasteiger partial charge in [-0.05, 0) is 75.0 Å². The molecule has 2 rings (SSSR count). The number of hydrogen-bond acceptors (Lipinski definition) is 5. The Balaban J connectivity index is 1.74. The van der Waals surface area contributed by atoms with Crippen molar-refractivity contribution in [3.05, 3.63) is 47.5 Å². The van der Waals surface area contributed by atoms with Gasteiger partial charge in [0.1, 0.15) is 17.4 Å². The molecule has 0 spiro atoms. The Morgan fingerprint density at radius 3 is 2.53 bits per heavy atom. The molecular weight excluding hydrogens is 461 g/mol. The zero-order valence-electron chi connectivity index (χ0n) is 20.3. The molecule has 0 amide bonds. The first-order chi connectivity index (χ1) is 16.2. The number of aryl methyl sites for hydroxylation is 1. The Labute approximate surface area is 202 Å². The van der Waals surface area contributed by atoms with Crippen molar-refractivity contribution in [1.29, 1.82) is 0 Å². The van der Waals surface area contributed by atoms with E-state index in [1.54, 1.807) is 0 Å². The van der Waals surface area contributed by atoms with Crippen LogP contribution >= 0.6 is 7.37 Å². The normalized spacial score (nSPS) is 23.5. The summed E-state index contributed by atoms with van der Waals surface area (Å²) < 4.78 is 43.9. The lowest BCUT2D eigenvalue weighted by atomic mass is 9.86. The number of aliphatic hydroxyl groups is 2. The van der Waals surface area contributed by atoms with Gasteiger partial charge in [0.05, 0.1) is 12.2 Å². The highest BCUT2D eigenvalue weighted by Gasteiger charge is 2.40. The third-order valence-corrected chi connectivity index (χ3v) is 9.46. The van der Waals surface area contributed by atoms with E-state index in [1.165, 1.54) is 19.2 Å². The second kappa shape index (κ2) is 14.2. The molecule has 0 aliphatic heterocycles. The molecule has 1 aromatic rings. The van der Waals surface area contributed by atoms with Crippen molar-refractivity contribution < 1.29 is 32.9 Å². The summed E-state index contributed by atoms with van der Waals surface area (Å²) in [5.41, 5.74) is 0.563. The third-order valence-electron chi connectivity index (χ3n) is 6.83. The molecule has 0 heterocycles. The first-order valence-electron chi connectivity index (χ1n) is 12.3. The minimum atomic E-state index is -2.51. The van der Waals surface area contributed by atoms with E-state index < -0.39 is 31.2 Å². The number of rotatable bonds is 15. The zero-order valence-corrected chi connectivity index (χ0v) is 21.2. The maximum Gasteiger partial charge on any atom is 0.202 e. The van der Waals surface area contributed by atoms with Gasteiger partial charge >= 0.3 is 0 Å². The summed E-state index contributed by atoms with van der Waals surface area (Å²) in [5.74, 6) is -1.59. The number of Topliss-reactive ketones (excluding diaryl/α,β-unsaturated/α-hetero) is 1. The van der Waals surface area contributed by atoms with Crippen molar-refractivity contribution in [3.8, 4) is 0 Å². The lowest BCUT2D eigenvalue weighted by Crippen LogP contribution is -2.22. The smallest absolute Gasteiger partial charge is 0.202 e. The first kappa shape index (κ1) is 28.8. The van der Waals surface area contributed by atoms with E-state index in [-0.39, 0.29) is 24.0 Å². The number of allylic oxidation sites excluding steroid dienone is 2. The predicted octanol–water partition coefficient (Wildman–Crippen LogP) is 5.67. The van der Waals surface area contributed by atoms with Crippen molar-refractivity contribution in [3.63, 3.8) is 0 Å². The highest BCUT2D eigenvalue weighted by Crippen LogP contribution is 2.46. The molecule has 1 aliphatic carbocycles. The molecule has 5 nitrogen and oxygen atoms in total. The van der Waals surface area contributed by atoms with E-state index in [0.29, 0.717) is 56.4 Å². The van der Waals surface area contributed by atoms with Gasteiger partial charge in [-0.3, -0.25) is 9.36 Å². The van der Waals surface area contributed by atoms with Crippen molar-refractivity contribution in [2.75, 3.05) is 19.4 Å². The number of ketones is 1. The van der Waals surface area contributed by atoms with Crippen molar-refractivity contribution >= 4 is 13.2 Å². The summed E-state index contributed by atoms with van der Waals surface area (Å²) in [4.78, 5) is 12.4. The predicted molar refractivity (Wildman–Crippen MR) is 130 cm³/mol. The summed E-state index contributed by atoms with van der Waals surface area (Å²) in [6.07, 6.45) is 8.54. The SMILES string of the molecule is CCP(=O)(CCCC=CC[C@H]1C(=O)C[C@@H](O)[C@@H]1CC[C@@H](O)CCCc1cc(F)cc(F)c1)OC. The fraction of sp³-hybridized carbons (Fsp3) is 0.654. The quantitative estimate of drug-likeness (QED) is 0.184. The molecule has 1 saturated carbocycles. The molecule has 1 aromatic carbocycles. The standard InChI is InChI=1S/C26H39F2O5P/c1-3-34(32,33-2)14-7-5-4-6-11-23-24(26(31)18-25(23)30)13-12-22(29)10-8-9-19-15-20(27)17-21(28)16-19/h4,6,15-17,22-24,26,29,31H,3,5,7-14,18H2,1-2H3/t22-,23+,24+,26+,34?/m0/s1. The van der Waals surface area contributed by atoms with Crippen LogP contribution in [0.5, 0.6) is 0 Å². The van der Waals surface area contributed by atoms with E-state index in [1.807, 2.05) is 19.1 Å². The highest BCUT2D eigenvalue weighted by atomic mass is 31.2. The number of carbonyl (C=O) groups excluding carboxylic acids is 1. The second-order valence-electron chi connectivity index (χ2n) is 9.30. The summed E-state index contributed by atoms with van der Waals surface area (Å²) in [5, 5.41) is 20.7. The number of hydrogen-bond donors (Lipinski definition) is 2. The van der Waals surface area contributed by atoms with Crippen molar-refractivity contribution in [2.45, 2.75) is 76.9 Å². The van der Waals surface area contributed by atoms with Gasteiger partial charge in [0.2, 0.25) is 7.37 Å². The Morgan fingerprint density at radius 2 is 1.88 bits per heavy atom. The molecule has 1 fully saturated rings. The maximum absolute atomic E-state index is 13.3. The van der Waals surface area contributed by atoms with E-state index >= 15 is 0 Å². The molecule has 8 heteroatoms. The van der Waals surface area contributed by atoms with Gasteiger partial charge in [-0.1, -0.05) is 19.1 Å². The largest absolute Gasteiger partial charge is 0.393 e. The van der Waals surface area contributed by atoms with Crippen LogP contribution in [0.1, 0.15) is 63.9 Å². The van der Waals surface area contributed by atoms with Crippen LogP contribution in [-0.2, 0) is 20.3 Å². The van der Waals surface area contributed by atoms with Crippen LogP contribution in [0.15, 0.2) is 30.4 Å². The van der Waals surface area contributed by atoms with Gasteiger partial charge in [0.25, 0.3) is 0 Å². The van der Waals surface area contributed by atoms with Crippen LogP contribution in [0.3, 0.4) is 0 Å². The van der Waals surface area contributed by atoms with Crippen LogP contribution < -0.4 is 0 Å². The van der Waals surface area contributed by atoms with Crippen LogP contribution in [-0.4, -0.2) is 47.6 Å². The summed E-state index contributed by atoms with van der Waals surface area (Å²) in [6, 6.07) is 3.44. The average molecular weight is 501 g/mol. The summed E-state index contributed by atoms with van der Waals surface area (Å²) in [7, 11) is -1.02. The van der Waals surface area contributed by atoms with Crippen LogP contribution in [0.4, 0.5) is 8.78 Å². The summed E-state index contributed by atoms with van der Waals surface area (Å²) >= 11 is 0. The molecule has 1 aliphatic rings. The van der Waals surface area contributed by atoms with Crippen molar-refractivity contribution in [1.82, 2.24) is 0 Å². The van der Waals surface area contributed by atoms with Gasteiger partial charge < -0.3 is 14.7 Å². The van der Waals surface area contributed by atoms with Gasteiger partial charge in [0, 0.05) is 37.8 Å². The minimum absolute atomic E-state index is 0.0552. The molecule has 0 saturated heterocycles. The lowest BCUT2D eigenvalue weighted by Gasteiger charge is -2.21. The number of carbonyl (C=O) groups is 1. The lowest BCUT2D eigenvalue weighted by molar-refractivity contribution is -0.121. The molecule has 34 heavy (non-hydrogen) atoms. The zero-order chi connectivity index (χ0) is 25.1. The highest BCUT2D eigenvalue weighted by molar-refractivity contribution is 7.58. The molecule has 0 bridgehead atoms. The number of halogens is 2. The molecule has 0 aromatic heterocycles. The first-order valence-corrected chi connectivity index (χ1v) is 14.3. The van der Waals surface area contributed by atoms with Crippen LogP contribution in [0.25, 0.3) is 0 Å². The Morgan fingerprint density at radius 1 is 1.18 bits per heavy atom. The van der Waals surface area contributed by atoms with E-state index in [2.05, 4.69) is 0 Å². The van der Waals surface area contributed by atoms with E-state index in [4.69, 9.17) is 4.52 Å². The van der Waals surface area contributed by atoms with Gasteiger partial charge in [-0.2, -0.15) is 0 Å². The summed E-state index contributed by atoms with van der Waals surface area (Å²) in [6.45, 7) is 1.86. The van der Waals surface area contributed by atoms with Crippen molar-refractivity contribution in [2.24, 2.45) is 11.8 Å². The number of unbranched alkanes of at least 4 members (excludes halogenated alkanes) is 1. The topological polar surface area (TPSA) is 83.8 Å². The Hall–Kier alpha value is -1.40. The fourth-order valence-corrected chi connectivity index (χ4v) is 6.15. The minimum Gasteiger partial charge on any atom is -0.393 e. The molecular formula is C26H39F2O5P. The van der Waals surface area contributed by atoms with E-state index in [0.717, 1.165) is 18.9 Å². The number of benzene rings is 1. The molecule has 0 radical (unpaired) electrons. The fourth-order valence-electron chi connectivity index (χ4n) is 4.73. The molecule has 1 unspecified atom stereocenters. The van der Waals surface area contributed by atoms with Crippen LogP contribution in [0, 0.1) is 23.5 Å². The number of aliphatic hydroxyl groups excluding tert-OH is 2. The van der Waals surface area contributed by atoms with Crippen LogP contribution in [0.2, 0.25) is 0 Å². The molecule has 5 atom stereocenters. The molecule has 192 valence electrons. The average Bonchev–Trinajstić information content (AvgIpc) is 3.05. The van der Waals surface area contributed by atoms with Gasteiger partial charge in [-0.25, -0.2) is 8.78 Å². The van der Waals surface area contributed by atoms with Gasteiger partial charge in [-0.15, -0.1) is 0 Å². The third kappa shape index (κ3) is 9.33. The Kier molecular flexibility index (Phi) is 12.1. The molecule has 2 N–H and O–H groups in total. The van der Waals surface area contributed by atoms with E-state index in [9.17, 15) is 28.4 Å². The van der Waals surface area contributed by atoms with Gasteiger partial charge in [0.15, 0.2) is 0 Å². The maximum atomic E-state index is 13.3. The monoisotopic (exact) mass is 500 g/mol.